The van der Waals surface area contributed by atoms with Gasteiger partial charge in [0.05, 0.1) is 6.10 Å². The van der Waals surface area contributed by atoms with Crippen molar-refractivity contribution in [1.82, 2.24) is 5.32 Å². The fraction of sp³-hybridized carbons (Fsp3) is 0.938. The second-order valence-electron chi connectivity index (χ2n) is 6.61. The number of carbonyl (C=O) groups is 1. The Morgan fingerprint density at radius 3 is 2.75 bits per heavy atom. The molecule has 0 heterocycles. The number of ether oxygens (including phenoxy) is 1. The summed E-state index contributed by atoms with van der Waals surface area (Å²) in [6.45, 7) is 2.60. The first-order chi connectivity index (χ1) is 9.69. The second kappa shape index (κ2) is 7.99. The van der Waals surface area contributed by atoms with Crippen molar-refractivity contribution < 1.29 is 14.6 Å². The number of amides is 1. The molecule has 4 heteroatoms. The van der Waals surface area contributed by atoms with Crippen molar-refractivity contribution in [3.05, 3.63) is 0 Å². The number of carbonyl (C=O) groups excluding carboxylic acids is 1. The Bertz CT molecular complexity index is 308. The van der Waals surface area contributed by atoms with Crippen LogP contribution in [0.1, 0.15) is 58.3 Å². The van der Waals surface area contributed by atoms with E-state index in [-0.39, 0.29) is 37.2 Å². The summed E-state index contributed by atoms with van der Waals surface area (Å²) < 4.78 is 5.75. The van der Waals surface area contributed by atoms with E-state index in [4.69, 9.17) is 4.74 Å². The minimum Gasteiger partial charge on any atom is -0.396 e. The van der Waals surface area contributed by atoms with Crippen molar-refractivity contribution in [1.29, 1.82) is 0 Å². The smallest absolute Gasteiger partial charge is 0.246 e. The van der Waals surface area contributed by atoms with Crippen LogP contribution in [0.25, 0.3) is 0 Å². The molecule has 0 aromatic carbocycles. The molecule has 0 aromatic heterocycles. The molecule has 20 heavy (non-hydrogen) atoms. The summed E-state index contributed by atoms with van der Waals surface area (Å²) in [5, 5.41) is 12.4. The molecule has 0 saturated heterocycles. The van der Waals surface area contributed by atoms with Gasteiger partial charge < -0.3 is 15.2 Å². The third kappa shape index (κ3) is 4.74. The van der Waals surface area contributed by atoms with E-state index in [1.54, 1.807) is 0 Å². The summed E-state index contributed by atoms with van der Waals surface area (Å²) >= 11 is 0. The molecule has 4 atom stereocenters. The van der Waals surface area contributed by atoms with Crippen LogP contribution in [-0.2, 0) is 9.53 Å². The Morgan fingerprint density at radius 1 is 1.20 bits per heavy atom. The fourth-order valence-corrected chi connectivity index (χ4v) is 3.59. The molecule has 116 valence electrons. The monoisotopic (exact) mass is 283 g/mol. The van der Waals surface area contributed by atoms with Crippen LogP contribution in [0.5, 0.6) is 0 Å². The van der Waals surface area contributed by atoms with Crippen LogP contribution < -0.4 is 5.32 Å². The van der Waals surface area contributed by atoms with Gasteiger partial charge >= 0.3 is 0 Å². The molecular weight excluding hydrogens is 254 g/mol. The summed E-state index contributed by atoms with van der Waals surface area (Å²) in [6, 6.07) is 0.134. The number of aliphatic hydroxyl groups excluding tert-OH is 1. The highest BCUT2D eigenvalue weighted by Crippen LogP contribution is 2.26. The SMILES string of the molecule is CC1CCCC(OCC(=O)NC2CCCCC2CO)C1. The largest absolute Gasteiger partial charge is 0.396 e. The highest BCUT2D eigenvalue weighted by atomic mass is 16.5. The highest BCUT2D eigenvalue weighted by molar-refractivity contribution is 5.77. The minimum atomic E-state index is -0.0198. The summed E-state index contributed by atoms with van der Waals surface area (Å²) in [7, 11) is 0. The van der Waals surface area contributed by atoms with Gasteiger partial charge in [0, 0.05) is 18.6 Å². The zero-order chi connectivity index (χ0) is 14.4. The molecule has 0 bridgehead atoms. The Labute approximate surface area is 122 Å². The molecule has 0 spiro atoms. The number of nitrogens with one attached hydrogen (secondary N) is 1. The molecule has 0 aliphatic heterocycles. The molecule has 2 saturated carbocycles. The first kappa shape index (κ1) is 15.8. The van der Waals surface area contributed by atoms with E-state index in [9.17, 15) is 9.90 Å². The molecule has 4 unspecified atom stereocenters. The fourth-order valence-electron chi connectivity index (χ4n) is 3.59. The maximum absolute atomic E-state index is 12.0. The van der Waals surface area contributed by atoms with Crippen molar-refractivity contribution in [3.63, 3.8) is 0 Å². The van der Waals surface area contributed by atoms with Crippen molar-refractivity contribution in [2.24, 2.45) is 11.8 Å². The van der Waals surface area contributed by atoms with Gasteiger partial charge in [-0.05, 0) is 31.6 Å². The molecule has 2 fully saturated rings. The van der Waals surface area contributed by atoms with Gasteiger partial charge in [-0.3, -0.25) is 4.79 Å². The maximum atomic E-state index is 12.0. The standard InChI is InChI=1S/C16H29NO3/c1-12-5-4-7-14(9-12)20-11-16(19)17-15-8-3-2-6-13(15)10-18/h12-15,18H,2-11H2,1H3,(H,17,19). The Kier molecular flexibility index (Phi) is 6.30. The van der Waals surface area contributed by atoms with Crippen LogP contribution in [0.4, 0.5) is 0 Å². The van der Waals surface area contributed by atoms with Crippen LogP contribution in [-0.4, -0.2) is 36.4 Å². The summed E-state index contributed by atoms with van der Waals surface area (Å²) in [4.78, 5) is 12.0. The third-order valence-electron chi connectivity index (χ3n) is 4.83. The molecule has 4 nitrogen and oxygen atoms in total. The topological polar surface area (TPSA) is 58.6 Å². The second-order valence-corrected chi connectivity index (χ2v) is 6.61. The van der Waals surface area contributed by atoms with Gasteiger partial charge in [-0.2, -0.15) is 0 Å². The van der Waals surface area contributed by atoms with Crippen molar-refractivity contribution >= 4 is 5.91 Å². The highest BCUT2D eigenvalue weighted by Gasteiger charge is 2.26. The van der Waals surface area contributed by atoms with E-state index in [1.807, 2.05) is 0 Å². The predicted molar refractivity (Wildman–Crippen MR) is 78.3 cm³/mol. The minimum absolute atomic E-state index is 0.0198. The number of aliphatic hydroxyl groups is 1. The van der Waals surface area contributed by atoms with E-state index >= 15 is 0 Å². The van der Waals surface area contributed by atoms with Gasteiger partial charge in [-0.25, -0.2) is 0 Å². The molecule has 2 rings (SSSR count). The molecule has 1 amide bonds. The van der Waals surface area contributed by atoms with E-state index in [1.165, 1.54) is 12.8 Å². The number of hydrogen-bond acceptors (Lipinski definition) is 3. The van der Waals surface area contributed by atoms with Crippen LogP contribution in [0.15, 0.2) is 0 Å². The van der Waals surface area contributed by atoms with Gasteiger partial charge in [-0.15, -0.1) is 0 Å². The normalized spacial score (nSPS) is 34.7. The lowest BCUT2D eigenvalue weighted by Crippen LogP contribution is -2.45. The van der Waals surface area contributed by atoms with Crippen molar-refractivity contribution in [2.75, 3.05) is 13.2 Å². The van der Waals surface area contributed by atoms with Gasteiger partial charge in [0.15, 0.2) is 0 Å². The lowest BCUT2D eigenvalue weighted by Gasteiger charge is -2.31. The molecular formula is C16H29NO3. The first-order valence-corrected chi connectivity index (χ1v) is 8.21. The summed E-state index contributed by atoms with van der Waals surface area (Å²) in [6.07, 6.45) is 9.21. The predicted octanol–water partition coefficient (Wildman–Crippen LogP) is 2.25. The summed E-state index contributed by atoms with van der Waals surface area (Å²) in [5.41, 5.74) is 0. The number of hydrogen-bond donors (Lipinski definition) is 2. The van der Waals surface area contributed by atoms with E-state index in [0.717, 1.165) is 38.5 Å². The lowest BCUT2D eigenvalue weighted by molar-refractivity contribution is -0.130. The van der Waals surface area contributed by atoms with Crippen LogP contribution >= 0.6 is 0 Å². The average molecular weight is 283 g/mol. The zero-order valence-electron chi connectivity index (χ0n) is 12.6. The number of rotatable bonds is 5. The van der Waals surface area contributed by atoms with Gasteiger partial charge in [0.25, 0.3) is 0 Å². The summed E-state index contributed by atoms with van der Waals surface area (Å²) in [5.74, 6) is 0.921. The van der Waals surface area contributed by atoms with Crippen LogP contribution in [0.3, 0.4) is 0 Å². The van der Waals surface area contributed by atoms with Crippen LogP contribution in [0, 0.1) is 11.8 Å². The Balaban J connectivity index is 1.69. The maximum Gasteiger partial charge on any atom is 0.246 e. The Morgan fingerprint density at radius 2 is 2.00 bits per heavy atom. The van der Waals surface area contributed by atoms with Crippen molar-refractivity contribution in [3.8, 4) is 0 Å². The van der Waals surface area contributed by atoms with Gasteiger partial charge in [0.2, 0.25) is 5.91 Å². The van der Waals surface area contributed by atoms with E-state index < -0.39 is 0 Å². The van der Waals surface area contributed by atoms with Gasteiger partial charge in [-0.1, -0.05) is 32.6 Å². The lowest BCUT2D eigenvalue weighted by atomic mass is 9.85. The van der Waals surface area contributed by atoms with E-state index in [0.29, 0.717) is 5.92 Å². The molecule has 2 aliphatic rings. The third-order valence-corrected chi connectivity index (χ3v) is 4.83. The molecule has 2 aliphatic carbocycles. The molecule has 0 radical (unpaired) electrons. The molecule has 0 aromatic rings. The quantitative estimate of drug-likeness (QED) is 0.813. The molecule has 2 N–H and O–H groups in total. The first-order valence-electron chi connectivity index (χ1n) is 8.21. The average Bonchev–Trinajstić information content (AvgIpc) is 2.46. The zero-order valence-corrected chi connectivity index (χ0v) is 12.6. The van der Waals surface area contributed by atoms with Crippen LogP contribution in [0.2, 0.25) is 0 Å². The van der Waals surface area contributed by atoms with Crippen molar-refractivity contribution in [2.45, 2.75) is 70.4 Å². The van der Waals surface area contributed by atoms with E-state index in [2.05, 4.69) is 12.2 Å². The Hall–Kier alpha value is -0.610. The van der Waals surface area contributed by atoms with Gasteiger partial charge in [0.1, 0.15) is 6.61 Å².